The number of fused-ring (bicyclic) bond motifs is 1. The predicted molar refractivity (Wildman–Crippen MR) is 59.7 cm³/mol. The first-order valence-electron chi connectivity index (χ1n) is 5.20. The molecule has 0 aromatic heterocycles. The normalized spacial score (nSPS) is 13.6. The van der Waals surface area contributed by atoms with Crippen molar-refractivity contribution in [1.82, 2.24) is 0 Å². The van der Waals surface area contributed by atoms with Crippen LogP contribution < -0.4 is 10.5 Å². The molecule has 4 heteroatoms. The SMILES string of the molecule is NCCOc1cc(F)c2c(c1)CC(CO)=C2. The third kappa shape index (κ3) is 2.08. The van der Waals surface area contributed by atoms with Crippen molar-refractivity contribution < 1.29 is 14.2 Å². The van der Waals surface area contributed by atoms with Gasteiger partial charge in [-0.25, -0.2) is 4.39 Å². The highest BCUT2D eigenvalue weighted by Crippen LogP contribution is 2.30. The molecule has 0 unspecified atom stereocenters. The van der Waals surface area contributed by atoms with Crippen LogP contribution >= 0.6 is 0 Å². The van der Waals surface area contributed by atoms with Gasteiger partial charge in [0, 0.05) is 18.2 Å². The van der Waals surface area contributed by atoms with Crippen molar-refractivity contribution in [2.45, 2.75) is 6.42 Å². The summed E-state index contributed by atoms with van der Waals surface area (Å²) < 4.78 is 18.9. The lowest BCUT2D eigenvalue weighted by atomic mass is 10.1. The second kappa shape index (κ2) is 4.63. The topological polar surface area (TPSA) is 55.5 Å². The van der Waals surface area contributed by atoms with Gasteiger partial charge in [-0.3, -0.25) is 0 Å². The largest absolute Gasteiger partial charge is 0.492 e. The molecule has 1 aromatic rings. The molecule has 0 saturated carbocycles. The number of hydrogen-bond donors (Lipinski definition) is 2. The van der Waals surface area contributed by atoms with Crippen LogP contribution in [0.4, 0.5) is 4.39 Å². The fourth-order valence-electron chi connectivity index (χ4n) is 1.82. The molecule has 0 aliphatic heterocycles. The van der Waals surface area contributed by atoms with Gasteiger partial charge in [0.2, 0.25) is 0 Å². The average Bonchev–Trinajstić information content (AvgIpc) is 2.70. The first-order chi connectivity index (χ1) is 7.74. The molecule has 2 rings (SSSR count). The number of rotatable bonds is 4. The van der Waals surface area contributed by atoms with E-state index in [2.05, 4.69) is 0 Å². The summed E-state index contributed by atoms with van der Waals surface area (Å²) >= 11 is 0. The maximum atomic E-state index is 13.7. The Kier molecular flexibility index (Phi) is 3.22. The number of ether oxygens (including phenoxy) is 1. The maximum absolute atomic E-state index is 13.7. The van der Waals surface area contributed by atoms with Gasteiger partial charge in [-0.15, -0.1) is 0 Å². The summed E-state index contributed by atoms with van der Waals surface area (Å²) in [5.74, 6) is 0.183. The second-order valence-corrected chi connectivity index (χ2v) is 3.75. The number of halogens is 1. The lowest BCUT2D eigenvalue weighted by molar-refractivity contribution is 0.325. The summed E-state index contributed by atoms with van der Waals surface area (Å²) in [5.41, 5.74) is 7.55. The monoisotopic (exact) mass is 223 g/mol. The molecule has 0 fully saturated rings. The minimum absolute atomic E-state index is 0.0346. The van der Waals surface area contributed by atoms with Crippen molar-refractivity contribution in [1.29, 1.82) is 0 Å². The van der Waals surface area contributed by atoms with Gasteiger partial charge < -0.3 is 15.6 Å². The van der Waals surface area contributed by atoms with E-state index in [0.717, 1.165) is 11.1 Å². The first kappa shape index (κ1) is 11.1. The quantitative estimate of drug-likeness (QED) is 0.803. The highest BCUT2D eigenvalue weighted by molar-refractivity contribution is 5.65. The van der Waals surface area contributed by atoms with Crippen LogP contribution in [0, 0.1) is 5.82 Å². The van der Waals surface area contributed by atoms with E-state index in [1.54, 1.807) is 12.1 Å². The van der Waals surface area contributed by atoms with E-state index >= 15 is 0 Å². The summed E-state index contributed by atoms with van der Waals surface area (Å²) in [4.78, 5) is 0. The van der Waals surface area contributed by atoms with E-state index in [0.29, 0.717) is 30.9 Å². The highest BCUT2D eigenvalue weighted by Gasteiger charge is 2.17. The van der Waals surface area contributed by atoms with Crippen LogP contribution in [-0.2, 0) is 6.42 Å². The zero-order chi connectivity index (χ0) is 11.5. The van der Waals surface area contributed by atoms with E-state index in [1.165, 1.54) is 6.07 Å². The molecule has 0 radical (unpaired) electrons. The number of aliphatic hydroxyl groups excluding tert-OH is 1. The van der Waals surface area contributed by atoms with Crippen molar-refractivity contribution in [3.8, 4) is 5.75 Å². The van der Waals surface area contributed by atoms with E-state index in [-0.39, 0.29) is 12.4 Å². The molecule has 1 aliphatic rings. The van der Waals surface area contributed by atoms with Crippen molar-refractivity contribution >= 4 is 6.08 Å². The Bertz CT molecular complexity index is 429. The Morgan fingerprint density at radius 3 is 2.94 bits per heavy atom. The summed E-state index contributed by atoms with van der Waals surface area (Å²) in [6, 6.07) is 3.15. The lowest BCUT2D eigenvalue weighted by Gasteiger charge is -2.07. The van der Waals surface area contributed by atoms with Gasteiger partial charge in [0.25, 0.3) is 0 Å². The Labute approximate surface area is 93.3 Å². The van der Waals surface area contributed by atoms with Crippen LogP contribution in [0.25, 0.3) is 6.08 Å². The Morgan fingerprint density at radius 2 is 2.25 bits per heavy atom. The van der Waals surface area contributed by atoms with Gasteiger partial charge in [0.1, 0.15) is 18.2 Å². The third-order valence-electron chi connectivity index (χ3n) is 2.54. The van der Waals surface area contributed by atoms with E-state index in [4.69, 9.17) is 15.6 Å². The molecule has 1 aromatic carbocycles. The number of aliphatic hydroxyl groups is 1. The fourth-order valence-corrected chi connectivity index (χ4v) is 1.82. The average molecular weight is 223 g/mol. The van der Waals surface area contributed by atoms with Crippen molar-refractivity contribution in [2.75, 3.05) is 19.8 Å². The molecule has 0 atom stereocenters. The first-order valence-corrected chi connectivity index (χ1v) is 5.20. The molecule has 1 aliphatic carbocycles. The molecule has 0 saturated heterocycles. The van der Waals surface area contributed by atoms with Crippen molar-refractivity contribution in [2.24, 2.45) is 5.73 Å². The standard InChI is InChI=1S/C12H14FNO2/c13-12-6-10(16-2-1-14)5-9-3-8(7-15)4-11(9)12/h4-6,15H,1-3,7,14H2. The molecular weight excluding hydrogens is 209 g/mol. The molecule has 16 heavy (non-hydrogen) atoms. The molecule has 0 spiro atoms. The molecule has 0 heterocycles. The van der Waals surface area contributed by atoms with Crippen molar-refractivity contribution in [3.63, 3.8) is 0 Å². The van der Waals surface area contributed by atoms with Gasteiger partial charge >= 0.3 is 0 Å². The predicted octanol–water partition coefficient (Wildman–Crippen LogP) is 1.09. The summed E-state index contributed by atoms with van der Waals surface area (Å²) in [6.07, 6.45) is 2.28. The zero-order valence-electron chi connectivity index (χ0n) is 8.87. The molecular formula is C12H14FNO2. The molecule has 0 amide bonds. The van der Waals surface area contributed by atoms with Crippen LogP contribution in [0.1, 0.15) is 11.1 Å². The fraction of sp³-hybridized carbons (Fsp3) is 0.333. The van der Waals surface area contributed by atoms with Crippen LogP contribution in [0.15, 0.2) is 17.7 Å². The molecule has 0 bridgehead atoms. The number of hydrogen-bond acceptors (Lipinski definition) is 3. The Hall–Kier alpha value is -1.39. The van der Waals surface area contributed by atoms with Crippen LogP contribution in [0.3, 0.4) is 0 Å². The Morgan fingerprint density at radius 1 is 1.44 bits per heavy atom. The number of nitrogens with two attached hydrogens (primary N) is 1. The summed E-state index contributed by atoms with van der Waals surface area (Å²) in [7, 11) is 0. The molecule has 3 N–H and O–H groups in total. The minimum atomic E-state index is -0.312. The maximum Gasteiger partial charge on any atom is 0.134 e. The van der Waals surface area contributed by atoms with Crippen molar-refractivity contribution in [3.05, 3.63) is 34.6 Å². The van der Waals surface area contributed by atoms with Crippen LogP contribution in [-0.4, -0.2) is 24.9 Å². The minimum Gasteiger partial charge on any atom is -0.492 e. The third-order valence-corrected chi connectivity index (χ3v) is 2.54. The lowest BCUT2D eigenvalue weighted by Crippen LogP contribution is -2.10. The number of benzene rings is 1. The summed E-state index contributed by atoms with van der Waals surface area (Å²) in [6.45, 7) is 0.741. The van der Waals surface area contributed by atoms with E-state index in [1.807, 2.05) is 0 Å². The second-order valence-electron chi connectivity index (χ2n) is 3.75. The smallest absolute Gasteiger partial charge is 0.134 e. The zero-order valence-corrected chi connectivity index (χ0v) is 8.87. The van der Waals surface area contributed by atoms with Gasteiger partial charge in [0.15, 0.2) is 0 Å². The van der Waals surface area contributed by atoms with Gasteiger partial charge in [0.05, 0.1) is 6.61 Å². The van der Waals surface area contributed by atoms with Crippen LogP contribution in [0.5, 0.6) is 5.75 Å². The van der Waals surface area contributed by atoms with Gasteiger partial charge in [-0.2, -0.15) is 0 Å². The Balaban J connectivity index is 2.25. The van der Waals surface area contributed by atoms with E-state index in [9.17, 15) is 4.39 Å². The van der Waals surface area contributed by atoms with E-state index < -0.39 is 0 Å². The highest BCUT2D eigenvalue weighted by atomic mass is 19.1. The van der Waals surface area contributed by atoms with Gasteiger partial charge in [-0.1, -0.05) is 0 Å². The summed E-state index contributed by atoms with van der Waals surface area (Å²) in [5, 5.41) is 9.00. The van der Waals surface area contributed by atoms with Crippen LogP contribution in [0.2, 0.25) is 0 Å². The van der Waals surface area contributed by atoms with Gasteiger partial charge in [-0.05, 0) is 29.7 Å². The molecule has 3 nitrogen and oxygen atoms in total. The molecule has 86 valence electrons.